The number of aromatic nitrogens is 1. The molecule has 0 atom stereocenters. The normalized spacial score (nSPS) is 14.7. The zero-order valence-electron chi connectivity index (χ0n) is 18.7. The molecule has 0 amide bonds. The SMILES string of the molecule is COC(=O)c1ccc2c3cc(OC)c(OC)c(OC)c3n(CCN3CCCCC3)c2c1. The molecule has 0 saturated carbocycles. The maximum absolute atomic E-state index is 12.2. The number of fused-ring (bicyclic) bond motifs is 3. The Labute approximate surface area is 182 Å². The van der Waals surface area contributed by atoms with Crippen LogP contribution in [0.15, 0.2) is 24.3 Å². The molecule has 1 aliphatic rings. The lowest BCUT2D eigenvalue weighted by atomic mass is 10.1. The van der Waals surface area contributed by atoms with E-state index in [4.69, 9.17) is 18.9 Å². The third-order valence-corrected chi connectivity index (χ3v) is 6.16. The van der Waals surface area contributed by atoms with Crippen molar-refractivity contribution in [2.75, 3.05) is 48.1 Å². The van der Waals surface area contributed by atoms with Crippen LogP contribution in [0.2, 0.25) is 0 Å². The van der Waals surface area contributed by atoms with Crippen molar-refractivity contribution >= 4 is 27.8 Å². The summed E-state index contributed by atoms with van der Waals surface area (Å²) >= 11 is 0. The van der Waals surface area contributed by atoms with Gasteiger partial charge in [0.1, 0.15) is 0 Å². The molecule has 0 spiro atoms. The van der Waals surface area contributed by atoms with E-state index >= 15 is 0 Å². The number of benzene rings is 2. The molecule has 4 rings (SSSR count). The third kappa shape index (κ3) is 3.78. The van der Waals surface area contributed by atoms with Gasteiger partial charge in [0.15, 0.2) is 11.5 Å². The number of hydrogen-bond acceptors (Lipinski definition) is 6. The molecule has 7 nitrogen and oxygen atoms in total. The lowest BCUT2D eigenvalue weighted by Crippen LogP contribution is -2.32. The lowest BCUT2D eigenvalue weighted by molar-refractivity contribution is 0.0601. The molecular weight excluding hydrogens is 396 g/mol. The van der Waals surface area contributed by atoms with Gasteiger partial charge in [-0.2, -0.15) is 0 Å². The van der Waals surface area contributed by atoms with Crippen molar-refractivity contribution in [3.8, 4) is 17.2 Å². The van der Waals surface area contributed by atoms with Crippen LogP contribution in [0.5, 0.6) is 17.2 Å². The molecule has 1 fully saturated rings. The zero-order chi connectivity index (χ0) is 22.0. The van der Waals surface area contributed by atoms with E-state index in [-0.39, 0.29) is 5.97 Å². The van der Waals surface area contributed by atoms with Gasteiger partial charge in [0.2, 0.25) is 5.75 Å². The highest BCUT2D eigenvalue weighted by molar-refractivity contribution is 6.13. The Bertz CT molecular complexity index is 1100. The van der Waals surface area contributed by atoms with Gasteiger partial charge < -0.3 is 28.4 Å². The lowest BCUT2D eigenvalue weighted by Gasteiger charge is -2.27. The highest BCUT2D eigenvalue weighted by atomic mass is 16.5. The summed E-state index contributed by atoms with van der Waals surface area (Å²) in [7, 11) is 6.27. The Morgan fingerprint density at radius 1 is 0.871 bits per heavy atom. The van der Waals surface area contributed by atoms with E-state index in [2.05, 4.69) is 9.47 Å². The van der Waals surface area contributed by atoms with Gasteiger partial charge in [-0.25, -0.2) is 4.79 Å². The summed E-state index contributed by atoms with van der Waals surface area (Å²) in [6.07, 6.45) is 3.79. The molecule has 31 heavy (non-hydrogen) atoms. The van der Waals surface area contributed by atoms with Crippen LogP contribution >= 0.6 is 0 Å². The van der Waals surface area contributed by atoms with Gasteiger partial charge in [-0.3, -0.25) is 0 Å². The van der Waals surface area contributed by atoms with Crippen LogP contribution in [0.3, 0.4) is 0 Å². The molecule has 166 valence electrons. The van der Waals surface area contributed by atoms with E-state index in [1.807, 2.05) is 18.2 Å². The van der Waals surface area contributed by atoms with Crippen LogP contribution in [-0.4, -0.2) is 63.5 Å². The van der Waals surface area contributed by atoms with Crippen LogP contribution in [0.25, 0.3) is 21.8 Å². The minimum absolute atomic E-state index is 0.350. The number of nitrogens with zero attached hydrogens (tertiary/aromatic N) is 2. The highest BCUT2D eigenvalue weighted by Crippen LogP contribution is 2.46. The molecule has 0 aliphatic carbocycles. The largest absolute Gasteiger partial charge is 0.493 e. The standard InChI is InChI=1S/C24H30N2O5/c1-28-20-15-18-17-9-8-16(24(27)31-4)14-19(17)26(13-12-25-10-6-5-7-11-25)21(18)23(30-3)22(20)29-2/h8-9,14-15H,5-7,10-13H2,1-4H3. The van der Waals surface area contributed by atoms with Gasteiger partial charge in [-0.15, -0.1) is 0 Å². The first kappa shape index (κ1) is 21.3. The third-order valence-electron chi connectivity index (χ3n) is 6.16. The minimum atomic E-state index is -0.350. The van der Waals surface area contributed by atoms with Gasteiger partial charge in [0.05, 0.1) is 45.0 Å². The van der Waals surface area contributed by atoms with Crippen LogP contribution in [0, 0.1) is 0 Å². The molecule has 1 aliphatic heterocycles. The molecule has 0 bridgehead atoms. The molecule has 0 N–H and O–H groups in total. The zero-order valence-corrected chi connectivity index (χ0v) is 18.7. The first-order valence-electron chi connectivity index (χ1n) is 10.7. The number of hydrogen-bond donors (Lipinski definition) is 0. The number of likely N-dealkylation sites (tertiary alicyclic amines) is 1. The first-order valence-corrected chi connectivity index (χ1v) is 10.7. The molecule has 1 saturated heterocycles. The van der Waals surface area contributed by atoms with Crippen molar-refractivity contribution in [2.45, 2.75) is 25.8 Å². The number of carbonyl (C=O) groups is 1. The average molecular weight is 427 g/mol. The van der Waals surface area contributed by atoms with Gasteiger partial charge in [-0.05, 0) is 44.1 Å². The summed E-state index contributed by atoms with van der Waals surface area (Å²) in [6, 6.07) is 7.64. The summed E-state index contributed by atoms with van der Waals surface area (Å²) < 4.78 is 24.2. The van der Waals surface area contributed by atoms with E-state index in [0.717, 1.165) is 48.0 Å². The molecule has 7 heteroatoms. The molecule has 3 aromatic rings. The van der Waals surface area contributed by atoms with Gasteiger partial charge in [0.25, 0.3) is 0 Å². The minimum Gasteiger partial charge on any atom is -0.493 e. The Morgan fingerprint density at radius 3 is 2.26 bits per heavy atom. The molecule has 0 unspecified atom stereocenters. The first-order chi connectivity index (χ1) is 15.1. The Morgan fingerprint density at radius 2 is 1.61 bits per heavy atom. The van der Waals surface area contributed by atoms with Crippen LogP contribution < -0.4 is 14.2 Å². The quantitative estimate of drug-likeness (QED) is 0.530. The molecule has 0 radical (unpaired) electrons. The van der Waals surface area contributed by atoms with Crippen molar-refractivity contribution in [3.05, 3.63) is 29.8 Å². The maximum atomic E-state index is 12.2. The summed E-state index contributed by atoms with van der Waals surface area (Å²) in [5, 5.41) is 2.03. The number of methoxy groups -OCH3 is 4. The maximum Gasteiger partial charge on any atom is 0.337 e. The van der Waals surface area contributed by atoms with E-state index < -0.39 is 0 Å². The second-order valence-electron chi connectivity index (χ2n) is 7.82. The monoisotopic (exact) mass is 426 g/mol. The smallest absolute Gasteiger partial charge is 0.337 e. The summed E-state index contributed by atoms with van der Waals surface area (Å²) in [5.74, 6) is 1.45. The summed E-state index contributed by atoms with van der Waals surface area (Å²) in [5.41, 5.74) is 2.42. The average Bonchev–Trinajstić information content (AvgIpc) is 3.13. The predicted molar refractivity (Wildman–Crippen MR) is 121 cm³/mol. The number of rotatable bonds is 7. The van der Waals surface area contributed by atoms with E-state index in [1.54, 1.807) is 27.4 Å². The van der Waals surface area contributed by atoms with E-state index in [1.165, 1.54) is 26.4 Å². The molecular formula is C24H30N2O5. The second kappa shape index (κ2) is 9.06. The van der Waals surface area contributed by atoms with Crippen molar-refractivity contribution in [2.24, 2.45) is 0 Å². The van der Waals surface area contributed by atoms with Crippen molar-refractivity contribution < 1.29 is 23.7 Å². The van der Waals surface area contributed by atoms with E-state index in [9.17, 15) is 4.79 Å². The number of piperidine rings is 1. The fourth-order valence-electron chi connectivity index (χ4n) is 4.62. The Hall–Kier alpha value is -2.93. The number of ether oxygens (including phenoxy) is 4. The van der Waals surface area contributed by atoms with Gasteiger partial charge >= 0.3 is 5.97 Å². The second-order valence-corrected chi connectivity index (χ2v) is 7.82. The summed E-state index contributed by atoms with van der Waals surface area (Å²) in [6.45, 7) is 3.95. The predicted octanol–water partition coefficient (Wildman–Crippen LogP) is 4.09. The fourth-order valence-corrected chi connectivity index (χ4v) is 4.62. The Balaban J connectivity index is 1.94. The van der Waals surface area contributed by atoms with Crippen molar-refractivity contribution in [3.63, 3.8) is 0 Å². The van der Waals surface area contributed by atoms with Crippen molar-refractivity contribution in [1.82, 2.24) is 9.47 Å². The highest BCUT2D eigenvalue weighted by Gasteiger charge is 2.24. The fraction of sp³-hybridized carbons (Fsp3) is 0.458. The van der Waals surface area contributed by atoms with Crippen LogP contribution in [-0.2, 0) is 11.3 Å². The Kier molecular flexibility index (Phi) is 6.23. The van der Waals surface area contributed by atoms with Crippen molar-refractivity contribution in [1.29, 1.82) is 0 Å². The van der Waals surface area contributed by atoms with Gasteiger partial charge in [-0.1, -0.05) is 12.5 Å². The molecule has 1 aromatic heterocycles. The summed E-state index contributed by atoms with van der Waals surface area (Å²) in [4.78, 5) is 14.7. The van der Waals surface area contributed by atoms with Gasteiger partial charge in [0, 0.05) is 23.9 Å². The molecule has 2 heterocycles. The van der Waals surface area contributed by atoms with E-state index in [0.29, 0.717) is 22.8 Å². The van der Waals surface area contributed by atoms with Crippen LogP contribution in [0.1, 0.15) is 29.6 Å². The molecule has 2 aromatic carbocycles. The topological polar surface area (TPSA) is 62.2 Å². The van der Waals surface area contributed by atoms with Crippen LogP contribution in [0.4, 0.5) is 0 Å². The number of esters is 1. The number of carbonyl (C=O) groups excluding carboxylic acids is 1.